The van der Waals surface area contributed by atoms with Crippen LogP contribution in [0.5, 0.6) is 0 Å². The first kappa shape index (κ1) is 12.5. The number of nitrogens with zero attached hydrogens (tertiary/aromatic N) is 2. The maximum Gasteiger partial charge on any atom is 0.272 e. The van der Waals surface area contributed by atoms with E-state index < -0.39 is 10.7 Å². The molecule has 0 bridgehead atoms. The summed E-state index contributed by atoms with van der Waals surface area (Å²) in [6.07, 6.45) is 3.45. The minimum atomic E-state index is -0.622. The third kappa shape index (κ3) is 2.20. The lowest BCUT2D eigenvalue weighted by atomic mass is 10.2. The van der Waals surface area contributed by atoms with Crippen molar-refractivity contribution < 1.29 is 9.31 Å². The van der Waals surface area contributed by atoms with E-state index >= 15 is 0 Å². The Hall–Kier alpha value is -2.50. The normalized spacial score (nSPS) is 16.8. The number of anilines is 1. The van der Waals surface area contributed by atoms with Gasteiger partial charge in [0.15, 0.2) is 5.82 Å². The molecule has 1 aromatic heterocycles. The van der Waals surface area contributed by atoms with E-state index in [0.717, 1.165) is 30.2 Å². The van der Waals surface area contributed by atoms with E-state index in [0.29, 0.717) is 0 Å². The van der Waals surface area contributed by atoms with Gasteiger partial charge in [-0.25, -0.2) is 4.39 Å². The van der Waals surface area contributed by atoms with Gasteiger partial charge in [-0.2, -0.15) is 0 Å². The van der Waals surface area contributed by atoms with E-state index in [1.165, 1.54) is 12.1 Å². The van der Waals surface area contributed by atoms with Crippen LogP contribution in [0.15, 0.2) is 36.5 Å². The quantitative estimate of drug-likeness (QED) is 0.688. The fourth-order valence-electron chi connectivity index (χ4n) is 2.48. The number of nitro benzene ring substituents is 1. The highest BCUT2D eigenvalue weighted by atomic mass is 19.1. The zero-order chi connectivity index (χ0) is 14.1. The van der Waals surface area contributed by atoms with Gasteiger partial charge in [0.1, 0.15) is 0 Å². The number of benzene rings is 1. The lowest BCUT2D eigenvalue weighted by Crippen LogP contribution is -2.10. The van der Waals surface area contributed by atoms with E-state index in [1.54, 1.807) is 6.20 Å². The minimum absolute atomic E-state index is 0.0536. The number of hydrogen-bond acceptors (Lipinski definition) is 4. The van der Waals surface area contributed by atoms with Crippen LogP contribution in [-0.4, -0.2) is 9.91 Å². The molecule has 0 fully saturated rings. The third-order valence-electron chi connectivity index (χ3n) is 3.45. The van der Waals surface area contributed by atoms with Crippen molar-refractivity contribution in [1.29, 1.82) is 0 Å². The van der Waals surface area contributed by atoms with Crippen LogP contribution in [0.2, 0.25) is 0 Å². The average molecular weight is 273 g/mol. The number of aryl methyl sites for hydroxylation is 1. The Labute approximate surface area is 114 Å². The number of nitro groups is 1. The van der Waals surface area contributed by atoms with Gasteiger partial charge in [0.25, 0.3) is 5.69 Å². The number of pyridine rings is 1. The van der Waals surface area contributed by atoms with E-state index in [2.05, 4.69) is 10.3 Å². The molecule has 6 heteroatoms. The Morgan fingerprint density at radius 3 is 3.00 bits per heavy atom. The number of rotatable bonds is 3. The van der Waals surface area contributed by atoms with Crippen LogP contribution in [0, 0.1) is 15.9 Å². The van der Waals surface area contributed by atoms with Gasteiger partial charge in [0.2, 0.25) is 0 Å². The molecule has 1 aliphatic carbocycles. The molecule has 5 nitrogen and oxygen atoms in total. The molecule has 1 unspecified atom stereocenters. The fourth-order valence-corrected chi connectivity index (χ4v) is 2.48. The summed E-state index contributed by atoms with van der Waals surface area (Å²) in [6.45, 7) is 0. The molecule has 1 aromatic carbocycles. The summed E-state index contributed by atoms with van der Waals surface area (Å²) in [4.78, 5) is 14.3. The third-order valence-corrected chi connectivity index (χ3v) is 3.45. The Morgan fingerprint density at radius 1 is 1.40 bits per heavy atom. The van der Waals surface area contributed by atoms with Gasteiger partial charge in [-0.15, -0.1) is 0 Å². The summed E-state index contributed by atoms with van der Waals surface area (Å²) in [6, 6.07) is 7.45. The monoisotopic (exact) mass is 273 g/mol. The van der Waals surface area contributed by atoms with Crippen LogP contribution in [-0.2, 0) is 6.42 Å². The fraction of sp³-hybridized carbons (Fsp3) is 0.214. The van der Waals surface area contributed by atoms with Gasteiger partial charge in [-0.3, -0.25) is 15.1 Å². The van der Waals surface area contributed by atoms with E-state index in [1.807, 2.05) is 12.1 Å². The molecule has 1 atom stereocenters. The molecular weight excluding hydrogens is 261 g/mol. The van der Waals surface area contributed by atoms with Crippen molar-refractivity contribution in [3.8, 4) is 0 Å². The number of halogens is 1. The highest BCUT2D eigenvalue weighted by molar-refractivity contribution is 5.52. The molecule has 102 valence electrons. The highest BCUT2D eigenvalue weighted by Gasteiger charge is 2.24. The molecule has 0 aliphatic heterocycles. The van der Waals surface area contributed by atoms with Gasteiger partial charge >= 0.3 is 0 Å². The van der Waals surface area contributed by atoms with Crippen molar-refractivity contribution in [2.75, 3.05) is 5.32 Å². The molecular formula is C14H12FN3O2. The number of non-ortho nitro benzene ring substituents is 1. The Bertz CT molecular complexity index is 675. The van der Waals surface area contributed by atoms with Crippen LogP contribution < -0.4 is 5.32 Å². The predicted molar refractivity (Wildman–Crippen MR) is 72.0 cm³/mol. The number of nitrogens with one attached hydrogen (secondary N) is 1. The molecule has 2 aromatic rings. The first-order chi connectivity index (χ1) is 9.65. The molecule has 3 rings (SSSR count). The van der Waals surface area contributed by atoms with Gasteiger partial charge in [-0.1, -0.05) is 6.07 Å². The van der Waals surface area contributed by atoms with Gasteiger partial charge in [-0.05, 0) is 30.5 Å². The Kier molecular flexibility index (Phi) is 3.06. The summed E-state index contributed by atoms with van der Waals surface area (Å²) < 4.78 is 13.9. The van der Waals surface area contributed by atoms with Crippen LogP contribution in [0.4, 0.5) is 15.8 Å². The predicted octanol–water partition coefficient (Wildman–Crippen LogP) is 3.23. The maximum atomic E-state index is 13.9. The second-order valence-electron chi connectivity index (χ2n) is 4.70. The van der Waals surface area contributed by atoms with Crippen LogP contribution in [0.1, 0.15) is 23.7 Å². The first-order valence-corrected chi connectivity index (χ1v) is 6.29. The molecule has 0 radical (unpaired) electrons. The Balaban J connectivity index is 1.84. The van der Waals surface area contributed by atoms with Crippen molar-refractivity contribution in [3.63, 3.8) is 0 Å². The smallest absolute Gasteiger partial charge is 0.272 e. The van der Waals surface area contributed by atoms with E-state index in [4.69, 9.17) is 0 Å². The molecule has 20 heavy (non-hydrogen) atoms. The molecule has 0 saturated carbocycles. The Morgan fingerprint density at radius 2 is 2.25 bits per heavy atom. The second-order valence-corrected chi connectivity index (χ2v) is 4.70. The minimum Gasteiger partial charge on any atom is -0.374 e. The number of hydrogen-bond donors (Lipinski definition) is 1. The average Bonchev–Trinajstić information content (AvgIpc) is 2.84. The summed E-state index contributed by atoms with van der Waals surface area (Å²) in [5.74, 6) is -0.622. The number of aromatic nitrogens is 1. The summed E-state index contributed by atoms with van der Waals surface area (Å²) in [7, 11) is 0. The summed E-state index contributed by atoms with van der Waals surface area (Å²) in [5, 5.41) is 13.7. The molecule has 1 N–H and O–H groups in total. The molecule has 1 aliphatic rings. The van der Waals surface area contributed by atoms with E-state index in [9.17, 15) is 14.5 Å². The SMILES string of the molecule is O=[N+]([O-])c1ccc(NC2CCc3cccnc32)c(F)c1. The molecule has 1 heterocycles. The maximum absolute atomic E-state index is 13.9. The molecule has 0 amide bonds. The van der Waals surface area contributed by atoms with Crippen LogP contribution in [0.25, 0.3) is 0 Å². The van der Waals surface area contributed by atoms with Crippen LogP contribution >= 0.6 is 0 Å². The van der Waals surface area contributed by atoms with Crippen molar-refractivity contribution in [2.24, 2.45) is 0 Å². The summed E-state index contributed by atoms with van der Waals surface area (Å²) >= 11 is 0. The van der Waals surface area contributed by atoms with E-state index in [-0.39, 0.29) is 17.4 Å². The molecule has 0 saturated heterocycles. The van der Waals surface area contributed by atoms with Crippen LogP contribution in [0.3, 0.4) is 0 Å². The van der Waals surface area contributed by atoms with Crippen molar-refractivity contribution >= 4 is 11.4 Å². The standard InChI is InChI=1S/C14H12FN3O2/c15-11-8-10(18(19)20)4-6-12(11)17-13-5-3-9-2-1-7-16-14(9)13/h1-2,4,6-8,13,17H,3,5H2. The van der Waals surface area contributed by atoms with Crippen molar-refractivity contribution in [3.05, 3.63) is 63.7 Å². The number of fused-ring (bicyclic) bond motifs is 1. The lowest BCUT2D eigenvalue weighted by Gasteiger charge is -2.15. The van der Waals surface area contributed by atoms with Gasteiger partial charge in [0, 0.05) is 12.3 Å². The van der Waals surface area contributed by atoms with Gasteiger partial charge < -0.3 is 5.32 Å². The molecule has 0 spiro atoms. The summed E-state index contributed by atoms with van der Waals surface area (Å²) in [5.41, 5.74) is 2.09. The zero-order valence-corrected chi connectivity index (χ0v) is 10.5. The lowest BCUT2D eigenvalue weighted by molar-refractivity contribution is -0.385. The van der Waals surface area contributed by atoms with Crippen molar-refractivity contribution in [2.45, 2.75) is 18.9 Å². The first-order valence-electron chi connectivity index (χ1n) is 6.29. The van der Waals surface area contributed by atoms with Gasteiger partial charge in [0.05, 0.1) is 28.4 Å². The topological polar surface area (TPSA) is 68.1 Å². The highest BCUT2D eigenvalue weighted by Crippen LogP contribution is 2.33. The largest absolute Gasteiger partial charge is 0.374 e. The van der Waals surface area contributed by atoms with Crippen molar-refractivity contribution in [1.82, 2.24) is 4.98 Å². The zero-order valence-electron chi connectivity index (χ0n) is 10.5. The second kappa shape index (κ2) is 4.88.